The average Bonchev–Trinajstić information content (AvgIpc) is 2.48. The highest BCUT2D eigenvalue weighted by atomic mass is 79.9. The summed E-state index contributed by atoms with van der Waals surface area (Å²) >= 11 is 9.35. The van der Waals surface area contributed by atoms with Crippen molar-refractivity contribution in [2.75, 3.05) is 13.7 Å². The second kappa shape index (κ2) is 7.25. The molecule has 2 nitrogen and oxygen atoms in total. The van der Waals surface area contributed by atoms with Gasteiger partial charge in [0.25, 0.3) is 0 Å². The second-order valence-electron chi connectivity index (χ2n) is 4.56. The van der Waals surface area contributed by atoms with Crippen LogP contribution in [0, 0.1) is 5.82 Å². The summed E-state index contributed by atoms with van der Waals surface area (Å²) in [6, 6.07) is 10.6. The van der Waals surface area contributed by atoms with Crippen LogP contribution in [0.4, 0.5) is 4.39 Å². The van der Waals surface area contributed by atoms with Crippen LogP contribution in [0.1, 0.15) is 24.1 Å². The summed E-state index contributed by atoms with van der Waals surface area (Å²) in [6.07, 6.45) is 0. The number of nitrogens with one attached hydrogen (secondary N) is 1. The van der Waals surface area contributed by atoms with E-state index in [-0.39, 0.29) is 11.9 Å². The molecule has 0 saturated heterocycles. The summed E-state index contributed by atoms with van der Waals surface area (Å²) in [7, 11) is 1.58. The summed E-state index contributed by atoms with van der Waals surface area (Å²) in [5.41, 5.74) is 1.81. The maximum Gasteiger partial charge on any atom is 0.137 e. The molecule has 0 amide bonds. The van der Waals surface area contributed by atoms with Gasteiger partial charge in [-0.3, -0.25) is 0 Å². The van der Waals surface area contributed by atoms with E-state index in [2.05, 4.69) is 21.2 Å². The van der Waals surface area contributed by atoms with Gasteiger partial charge in [-0.1, -0.05) is 30.7 Å². The first-order valence-corrected chi connectivity index (χ1v) is 7.75. The molecule has 112 valence electrons. The third kappa shape index (κ3) is 3.76. The molecule has 0 bridgehead atoms. The first kappa shape index (κ1) is 16.3. The Bertz CT molecular complexity index is 636. The fraction of sp³-hybridized carbons (Fsp3) is 0.250. The number of rotatable bonds is 5. The van der Waals surface area contributed by atoms with Crippen molar-refractivity contribution in [3.8, 4) is 5.75 Å². The summed E-state index contributed by atoms with van der Waals surface area (Å²) in [5, 5.41) is 3.88. The Morgan fingerprint density at radius 1 is 1.24 bits per heavy atom. The van der Waals surface area contributed by atoms with Gasteiger partial charge in [-0.15, -0.1) is 0 Å². The number of hydrogen-bond donors (Lipinski definition) is 1. The Morgan fingerprint density at radius 2 is 1.90 bits per heavy atom. The smallest absolute Gasteiger partial charge is 0.137 e. The van der Waals surface area contributed by atoms with Gasteiger partial charge in [0.1, 0.15) is 11.6 Å². The molecule has 0 aromatic heterocycles. The molecule has 1 N–H and O–H groups in total. The van der Waals surface area contributed by atoms with Crippen molar-refractivity contribution in [3.05, 3.63) is 62.8 Å². The predicted molar refractivity (Wildman–Crippen MR) is 87.6 cm³/mol. The van der Waals surface area contributed by atoms with Gasteiger partial charge in [0.15, 0.2) is 0 Å². The third-order valence-electron chi connectivity index (χ3n) is 3.19. The second-order valence-corrected chi connectivity index (χ2v) is 5.82. The first-order chi connectivity index (χ1) is 10.1. The van der Waals surface area contributed by atoms with Crippen LogP contribution in [0.25, 0.3) is 0 Å². The summed E-state index contributed by atoms with van der Waals surface area (Å²) < 4.78 is 19.4. The van der Waals surface area contributed by atoms with Crippen molar-refractivity contribution < 1.29 is 9.13 Å². The molecule has 2 aromatic rings. The van der Waals surface area contributed by atoms with Gasteiger partial charge in [0, 0.05) is 0 Å². The monoisotopic (exact) mass is 371 g/mol. The van der Waals surface area contributed by atoms with Crippen LogP contribution in [0.5, 0.6) is 5.75 Å². The molecule has 0 aliphatic rings. The molecule has 0 fully saturated rings. The van der Waals surface area contributed by atoms with Crippen LogP contribution < -0.4 is 10.1 Å². The quantitative estimate of drug-likeness (QED) is 0.802. The predicted octanol–water partition coefficient (Wildman–Crippen LogP) is 4.95. The van der Waals surface area contributed by atoms with E-state index in [9.17, 15) is 4.39 Å². The Kier molecular flexibility index (Phi) is 5.62. The van der Waals surface area contributed by atoms with Crippen molar-refractivity contribution in [2.45, 2.75) is 13.0 Å². The zero-order valence-corrected chi connectivity index (χ0v) is 14.1. The van der Waals surface area contributed by atoms with E-state index >= 15 is 0 Å². The molecule has 0 heterocycles. The van der Waals surface area contributed by atoms with Crippen LogP contribution in [0.3, 0.4) is 0 Å². The zero-order valence-electron chi connectivity index (χ0n) is 11.8. The van der Waals surface area contributed by atoms with Crippen LogP contribution in [-0.2, 0) is 0 Å². The number of halogens is 3. The SMILES string of the molecule is CCNC(c1ccc(Br)c(F)c1)c1ccc(OC)c(Cl)c1. The standard InChI is InChI=1S/C16H16BrClFNO/c1-3-20-16(11-4-6-12(17)14(19)9-11)10-5-7-15(21-2)13(18)8-10/h4-9,16,20H,3H2,1-2H3. The fourth-order valence-electron chi connectivity index (χ4n) is 2.19. The topological polar surface area (TPSA) is 21.3 Å². The number of methoxy groups -OCH3 is 1. The minimum absolute atomic E-state index is 0.124. The van der Waals surface area contributed by atoms with E-state index in [1.165, 1.54) is 6.07 Å². The molecule has 1 atom stereocenters. The molecular formula is C16H16BrClFNO. The summed E-state index contributed by atoms with van der Waals surface area (Å²) in [5.74, 6) is 0.340. The largest absolute Gasteiger partial charge is 0.495 e. The molecule has 21 heavy (non-hydrogen) atoms. The van der Waals surface area contributed by atoms with Gasteiger partial charge in [0.05, 0.1) is 22.6 Å². The minimum Gasteiger partial charge on any atom is -0.495 e. The van der Waals surface area contributed by atoms with E-state index in [1.54, 1.807) is 13.2 Å². The van der Waals surface area contributed by atoms with Crippen LogP contribution in [-0.4, -0.2) is 13.7 Å². The lowest BCUT2D eigenvalue weighted by atomic mass is 9.98. The summed E-state index contributed by atoms with van der Waals surface area (Å²) in [6.45, 7) is 2.76. The highest BCUT2D eigenvalue weighted by molar-refractivity contribution is 9.10. The Balaban J connectivity index is 2.42. The van der Waals surface area contributed by atoms with Crippen molar-refractivity contribution in [3.63, 3.8) is 0 Å². The Morgan fingerprint density at radius 3 is 2.48 bits per heavy atom. The van der Waals surface area contributed by atoms with Gasteiger partial charge < -0.3 is 10.1 Å². The van der Waals surface area contributed by atoms with E-state index in [1.807, 2.05) is 31.2 Å². The number of ether oxygens (including phenoxy) is 1. The lowest BCUT2D eigenvalue weighted by Gasteiger charge is -2.20. The highest BCUT2D eigenvalue weighted by Crippen LogP contribution is 2.31. The fourth-order valence-corrected chi connectivity index (χ4v) is 2.70. The van der Waals surface area contributed by atoms with Crippen molar-refractivity contribution in [1.82, 2.24) is 5.32 Å². The van der Waals surface area contributed by atoms with E-state index in [4.69, 9.17) is 16.3 Å². The van der Waals surface area contributed by atoms with Gasteiger partial charge >= 0.3 is 0 Å². The van der Waals surface area contributed by atoms with E-state index < -0.39 is 0 Å². The summed E-state index contributed by atoms with van der Waals surface area (Å²) in [4.78, 5) is 0. The molecule has 0 saturated carbocycles. The Labute approximate surface area is 137 Å². The maximum absolute atomic E-state index is 13.8. The number of hydrogen-bond acceptors (Lipinski definition) is 2. The molecule has 2 aromatic carbocycles. The zero-order chi connectivity index (χ0) is 15.4. The first-order valence-electron chi connectivity index (χ1n) is 6.58. The van der Waals surface area contributed by atoms with E-state index in [0.717, 1.165) is 17.7 Å². The molecule has 0 radical (unpaired) electrons. The molecule has 5 heteroatoms. The average molecular weight is 373 g/mol. The van der Waals surface area contributed by atoms with E-state index in [0.29, 0.717) is 15.2 Å². The Hall–Kier alpha value is -1.10. The molecular weight excluding hydrogens is 357 g/mol. The van der Waals surface area contributed by atoms with Gasteiger partial charge in [-0.05, 0) is 57.9 Å². The van der Waals surface area contributed by atoms with Crippen molar-refractivity contribution >= 4 is 27.5 Å². The third-order valence-corrected chi connectivity index (χ3v) is 4.13. The van der Waals surface area contributed by atoms with Crippen molar-refractivity contribution in [2.24, 2.45) is 0 Å². The van der Waals surface area contributed by atoms with Crippen LogP contribution in [0.15, 0.2) is 40.9 Å². The van der Waals surface area contributed by atoms with Gasteiger partial charge in [-0.25, -0.2) is 4.39 Å². The molecule has 1 unspecified atom stereocenters. The van der Waals surface area contributed by atoms with Crippen LogP contribution in [0.2, 0.25) is 5.02 Å². The lowest BCUT2D eigenvalue weighted by molar-refractivity contribution is 0.414. The molecule has 2 rings (SSSR count). The number of benzene rings is 2. The molecule has 0 aliphatic carbocycles. The highest BCUT2D eigenvalue weighted by Gasteiger charge is 2.16. The molecule has 0 spiro atoms. The normalized spacial score (nSPS) is 12.2. The van der Waals surface area contributed by atoms with Crippen molar-refractivity contribution in [1.29, 1.82) is 0 Å². The minimum atomic E-state index is -0.282. The maximum atomic E-state index is 13.8. The van der Waals surface area contributed by atoms with Gasteiger partial charge in [-0.2, -0.15) is 0 Å². The van der Waals surface area contributed by atoms with Gasteiger partial charge in [0.2, 0.25) is 0 Å². The van der Waals surface area contributed by atoms with Crippen LogP contribution >= 0.6 is 27.5 Å². The lowest BCUT2D eigenvalue weighted by Crippen LogP contribution is -2.22. The molecule has 0 aliphatic heterocycles.